The van der Waals surface area contributed by atoms with Gasteiger partial charge in [0.15, 0.2) is 0 Å². The zero-order chi connectivity index (χ0) is 26.1. The van der Waals surface area contributed by atoms with Gasteiger partial charge in [-0.1, -0.05) is 25.6 Å². The molecule has 37 heavy (non-hydrogen) atoms. The van der Waals surface area contributed by atoms with Gasteiger partial charge >= 0.3 is 18.0 Å². The number of carbonyl (C=O) groups excluding carboxylic acids is 2. The van der Waals surface area contributed by atoms with Crippen molar-refractivity contribution in [2.24, 2.45) is 11.7 Å². The largest absolute Gasteiger partial charge is 0.463 e. The molecule has 2 heterocycles. The van der Waals surface area contributed by atoms with E-state index in [0.717, 1.165) is 12.8 Å². The first-order valence-electron chi connectivity index (χ1n) is 12.1. The quantitative estimate of drug-likeness (QED) is 0.278. The van der Waals surface area contributed by atoms with Crippen LogP contribution in [0.15, 0.2) is 30.6 Å². The van der Waals surface area contributed by atoms with Crippen molar-refractivity contribution in [1.82, 2.24) is 19.8 Å². The summed E-state index contributed by atoms with van der Waals surface area (Å²) < 4.78 is 25.7. The Morgan fingerprint density at radius 3 is 2.43 bits per heavy atom. The Morgan fingerprint density at radius 1 is 1.19 bits per heavy atom. The van der Waals surface area contributed by atoms with E-state index in [9.17, 15) is 14.0 Å². The van der Waals surface area contributed by atoms with Crippen LogP contribution in [0.5, 0.6) is 6.01 Å². The Kier molecular flexibility index (Phi) is 11.2. The number of benzene rings is 1. The molecule has 0 atom stereocenters. The Balaban J connectivity index is 0.00000481. The first-order chi connectivity index (χ1) is 17.3. The number of nitrogens with one attached hydrogen (secondary N) is 1. The highest BCUT2D eigenvalue weighted by Gasteiger charge is 2.25. The molecule has 10 nitrogen and oxygen atoms in total. The van der Waals surface area contributed by atoms with Crippen molar-refractivity contribution in [3.05, 3.63) is 42.0 Å². The molecule has 3 N–H and O–H groups in total. The maximum absolute atomic E-state index is 15.0. The van der Waals surface area contributed by atoms with Gasteiger partial charge in [-0.15, -0.1) is 0 Å². The molecule has 2 aromatic rings. The minimum absolute atomic E-state index is 0. The fourth-order valence-electron chi connectivity index (χ4n) is 3.99. The van der Waals surface area contributed by atoms with Gasteiger partial charge in [-0.2, -0.15) is 0 Å². The fourth-order valence-corrected chi connectivity index (χ4v) is 3.99. The van der Waals surface area contributed by atoms with Crippen molar-refractivity contribution in [2.75, 3.05) is 32.8 Å². The summed E-state index contributed by atoms with van der Waals surface area (Å²) in [5.74, 6) is -1.26. The topological polar surface area (TPSA) is 135 Å². The van der Waals surface area contributed by atoms with Gasteiger partial charge in [-0.05, 0) is 32.6 Å². The Hall–Kier alpha value is -3.76. The number of amidine groups is 1. The van der Waals surface area contributed by atoms with Crippen molar-refractivity contribution >= 4 is 17.8 Å². The predicted octanol–water partition coefficient (Wildman–Crippen LogP) is 3.84. The molecule has 1 aromatic carbocycles. The van der Waals surface area contributed by atoms with E-state index in [1.54, 1.807) is 12.1 Å². The fraction of sp³-hybridized carbons (Fsp3) is 0.500. The number of nitrogens with two attached hydrogens (primary N) is 1. The standard InChI is InChI=1S/C25H33FN6O4.CH4/c1-3-31(4-2)25(34)32-10-8-17(9-11-32)15-36-24-29-13-19(14-30-24)20-7-5-6-18(23(20)26)16-35-22(33)12-21(27)28;/h5-7,13-14,17H,3-4,8-12,15-16H2,1-2H3,(H3,27,28);1H4. The summed E-state index contributed by atoms with van der Waals surface area (Å²) >= 11 is 0. The number of carbonyl (C=O) groups is 2. The lowest BCUT2D eigenvalue weighted by atomic mass is 9.98. The van der Waals surface area contributed by atoms with Crippen molar-refractivity contribution in [2.45, 2.75) is 47.1 Å². The molecule has 11 heteroatoms. The summed E-state index contributed by atoms with van der Waals surface area (Å²) in [5, 5.41) is 7.12. The highest BCUT2D eigenvalue weighted by Crippen LogP contribution is 2.25. The molecule has 1 aromatic heterocycles. The van der Waals surface area contributed by atoms with Crippen molar-refractivity contribution in [3.63, 3.8) is 0 Å². The SMILES string of the molecule is C.CCN(CC)C(=O)N1CCC(COc2ncc(-c3cccc(COC(=O)CC(=N)N)c3F)cn2)CC1. The van der Waals surface area contributed by atoms with Crippen LogP contribution in [0.25, 0.3) is 11.1 Å². The first kappa shape index (κ1) is 29.5. The molecule has 0 spiro atoms. The summed E-state index contributed by atoms with van der Waals surface area (Å²) in [6, 6.07) is 5.04. The zero-order valence-corrected chi connectivity index (χ0v) is 20.7. The van der Waals surface area contributed by atoms with Crippen LogP contribution in [0, 0.1) is 17.1 Å². The highest BCUT2D eigenvalue weighted by molar-refractivity contribution is 5.94. The van der Waals surface area contributed by atoms with Crippen molar-refractivity contribution < 1.29 is 23.5 Å². The zero-order valence-electron chi connectivity index (χ0n) is 20.7. The molecule has 0 aliphatic carbocycles. The van der Waals surface area contributed by atoms with Gasteiger partial charge in [0.05, 0.1) is 6.61 Å². The lowest BCUT2D eigenvalue weighted by molar-refractivity contribution is -0.143. The maximum Gasteiger partial charge on any atom is 0.319 e. The number of piperidine rings is 1. The predicted molar refractivity (Wildman–Crippen MR) is 139 cm³/mol. The molecule has 2 amide bonds. The number of rotatable bonds is 10. The summed E-state index contributed by atoms with van der Waals surface area (Å²) in [6.45, 7) is 6.94. The molecule has 202 valence electrons. The second-order valence-corrected chi connectivity index (χ2v) is 8.59. The van der Waals surface area contributed by atoms with Gasteiger partial charge in [-0.3, -0.25) is 10.2 Å². The van der Waals surface area contributed by atoms with Crippen LogP contribution < -0.4 is 10.5 Å². The van der Waals surface area contributed by atoms with E-state index in [-0.39, 0.29) is 49.5 Å². The number of ether oxygens (including phenoxy) is 2. The molecule has 0 saturated carbocycles. The number of esters is 1. The van der Waals surface area contributed by atoms with E-state index in [4.69, 9.17) is 20.6 Å². The van der Waals surface area contributed by atoms with Crippen LogP contribution in [0.2, 0.25) is 0 Å². The molecule has 0 unspecified atom stereocenters. The van der Waals surface area contributed by atoms with Crippen molar-refractivity contribution in [1.29, 1.82) is 5.41 Å². The van der Waals surface area contributed by atoms with Crippen LogP contribution in [0.1, 0.15) is 46.1 Å². The lowest BCUT2D eigenvalue weighted by Crippen LogP contribution is -2.47. The molecule has 0 bridgehead atoms. The third-order valence-electron chi connectivity index (χ3n) is 6.11. The minimum Gasteiger partial charge on any atom is -0.463 e. The normalized spacial score (nSPS) is 13.4. The smallest absolute Gasteiger partial charge is 0.319 e. The average Bonchev–Trinajstić information content (AvgIpc) is 2.88. The molecular weight excluding hydrogens is 479 g/mol. The third kappa shape index (κ3) is 8.12. The van der Waals surface area contributed by atoms with Gasteiger partial charge in [0.25, 0.3) is 0 Å². The van der Waals surface area contributed by atoms with E-state index >= 15 is 0 Å². The van der Waals surface area contributed by atoms with Gasteiger partial charge in [0.1, 0.15) is 24.7 Å². The van der Waals surface area contributed by atoms with Crippen LogP contribution >= 0.6 is 0 Å². The van der Waals surface area contributed by atoms with E-state index in [2.05, 4.69) is 9.97 Å². The summed E-state index contributed by atoms with van der Waals surface area (Å²) in [7, 11) is 0. The molecule has 0 radical (unpaired) electrons. The summed E-state index contributed by atoms with van der Waals surface area (Å²) in [5.41, 5.74) is 6.09. The molecule has 1 fully saturated rings. The minimum atomic E-state index is -0.696. The molecule has 1 aliphatic rings. The maximum atomic E-state index is 15.0. The average molecular weight is 517 g/mol. The van der Waals surface area contributed by atoms with Crippen LogP contribution in [0.3, 0.4) is 0 Å². The molecule has 1 aliphatic heterocycles. The summed E-state index contributed by atoms with van der Waals surface area (Å²) in [6.07, 6.45) is 4.32. The number of hydrogen-bond donors (Lipinski definition) is 2. The van der Waals surface area contributed by atoms with Gasteiger partial charge in [0.2, 0.25) is 0 Å². The summed E-state index contributed by atoms with van der Waals surface area (Å²) in [4.78, 5) is 36.2. The second kappa shape index (κ2) is 14.1. The van der Waals surface area contributed by atoms with Crippen LogP contribution in [0.4, 0.5) is 9.18 Å². The number of hydrogen-bond acceptors (Lipinski definition) is 7. The van der Waals surface area contributed by atoms with E-state index in [1.165, 1.54) is 18.5 Å². The molecular formula is C26H37FN6O4. The number of halogens is 1. The van der Waals surface area contributed by atoms with Crippen LogP contribution in [-0.4, -0.2) is 70.4 Å². The van der Waals surface area contributed by atoms with Gasteiger partial charge in [-0.25, -0.2) is 19.2 Å². The van der Waals surface area contributed by atoms with E-state index in [0.29, 0.717) is 44.3 Å². The van der Waals surface area contributed by atoms with Crippen LogP contribution in [-0.2, 0) is 16.1 Å². The lowest BCUT2D eigenvalue weighted by Gasteiger charge is -2.35. The first-order valence-corrected chi connectivity index (χ1v) is 12.1. The number of aromatic nitrogens is 2. The van der Waals surface area contributed by atoms with E-state index in [1.807, 2.05) is 23.6 Å². The molecule has 1 saturated heterocycles. The number of nitrogens with zero attached hydrogens (tertiary/aromatic N) is 4. The van der Waals surface area contributed by atoms with Crippen molar-refractivity contribution in [3.8, 4) is 17.1 Å². The second-order valence-electron chi connectivity index (χ2n) is 8.59. The van der Waals surface area contributed by atoms with Gasteiger partial charge < -0.3 is 25.0 Å². The Labute approximate surface area is 217 Å². The van der Waals surface area contributed by atoms with Gasteiger partial charge in [0, 0.05) is 55.3 Å². The highest BCUT2D eigenvalue weighted by atomic mass is 19.1. The monoisotopic (exact) mass is 516 g/mol. The number of likely N-dealkylation sites (tertiary alicyclic amines) is 1. The Bertz CT molecular complexity index is 1050. The Morgan fingerprint density at radius 2 is 1.84 bits per heavy atom. The number of urea groups is 1. The molecule has 3 rings (SSSR count). The third-order valence-corrected chi connectivity index (χ3v) is 6.11. The van der Waals surface area contributed by atoms with E-state index < -0.39 is 11.8 Å². The number of amides is 2.